The van der Waals surface area contributed by atoms with Crippen LogP contribution in [-0.2, 0) is 17.9 Å². The topological polar surface area (TPSA) is 100 Å². The highest BCUT2D eigenvalue weighted by Gasteiger charge is 2.11. The number of nitrogens with one attached hydrogen (secondary N) is 1. The molecule has 8 heteroatoms. The first-order valence-electron chi connectivity index (χ1n) is 6.20. The van der Waals surface area contributed by atoms with E-state index in [2.05, 4.69) is 15.4 Å². The van der Waals surface area contributed by atoms with Gasteiger partial charge < -0.3 is 15.3 Å². The average molecular weight is 289 g/mol. The summed E-state index contributed by atoms with van der Waals surface area (Å²) in [4.78, 5) is 28.0. The standard InChI is InChI=1S/C13H15N5O3/c1-17(7-10-2-4-14-5-3-10)13(21)16-11-6-15-18(8-11)9-12(19)20/h2-6,8H,7,9H2,1H3,(H,16,21)(H,19,20). The van der Waals surface area contributed by atoms with Crippen molar-refractivity contribution in [2.45, 2.75) is 13.1 Å². The lowest BCUT2D eigenvalue weighted by atomic mass is 10.2. The monoisotopic (exact) mass is 289 g/mol. The summed E-state index contributed by atoms with van der Waals surface area (Å²) >= 11 is 0. The maximum Gasteiger partial charge on any atom is 0.325 e. The molecule has 0 unspecified atom stereocenters. The third-order valence-electron chi connectivity index (χ3n) is 2.70. The van der Waals surface area contributed by atoms with E-state index in [1.54, 1.807) is 19.4 Å². The second-order valence-electron chi connectivity index (χ2n) is 4.46. The lowest BCUT2D eigenvalue weighted by Gasteiger charge is -2.17. The van der Waals surface area contributed by atoms with E-state index in [4.69, 9.17) is 5.11 Å². The highest BCUT2D eigenvalue weighted by molar-refractivity contribution is 5.88. The first-order chi connectivity index (χ1) is 10.0. The van der Waals surface area contributed by atoms with Gasteiger partial charge in [0.05, 0.1) is 11.9 Å². The van der Waals surface area contributed by atoms with Gasteiger partial charge in [0, 0.05) is 32.2 Å². The molecule has 8 nitrogen and oxygen atoms in total. The largest absolute Gasteiger partial charge is 0.480 e. The minimum Gasteiger partial charge on any atom is -0.480 e. The lowest BCUT2D eigenvalue weighted by molar-refractivity contribution is -0.137. The Bertz CT molecular complexity index is 626. The Hall–Kier alpha value is -2.90. The first-order valence-corrected chi connectivity index (χ1v) is 6.20. The normalized spacial score (nSPS) is 10.1. The van der Waals surface area contributed by atoms with E-state index in [0.717, 1.165) is 5.56 Å². The summed E-state index contributed by atoms with van der Waals surface area (Å²) in [7, 11) is 1.66. The van der Waals surface area contributed by atoms with Crippen molar-refractivity contribution in [1.82, 2.24) is 19.7 Å². The second-order valence-corrected chi connectivity index (χ2v) is 4.46. The van der Waals surface area contributed by atoms with Crippen molar-refractivity contribution in [3.05, 3.63) is 42.5 Å². The Morgan fingerprint density at radius 2 is 2.10 bits per heavy atom. The Morgan fingerprint density at radius 1 is 1.38 bits per heavy atom. The van der Waals surface area contributed by atoms with Crippen LogP contribution in [0.4, 0.5) is 10.5 Å². The molecule has 2 aromatic rings. The number of carbonyl (C=O) groups excluding carboxylic acids is 1. The molecule has 0 aliphatic rings. The molecule has 2 aromatic heterocycles. The highest BCUT2D eigenvalue weighted by Crippen LogP contribution is 2.08. The van der Waals surface area contributed by atoms with Crippen LogP contribution in [0.2, 0.25) is 0 Å². The summed E-state index contributed by atoms with van der Waals surface area (Å²) in [6, 6.07) is 3.35. The van der Waals surface area contributed by atoms with Crippen LogP contribution in [-0.4, -0.2) is 43.8 Å². The zero-order valence-electron chi connectivity index (χ0n) is 11.4. The molecule has 0 atom stereocenters. The molecule has 0 aliphatic heterocycles. The maximum absolute atomic E-state index is 12.0. The number of amides is 2. The molecule has 2 rings (SSSR count). The van der Waals surface area contributed by atoms with E-state index >= 15 is 0 Å². The summed E-state index contributed by atoms with van der Waals surface area (Å²) in [5.41, 5.74) is 1.41. The van der Waals surface area contributed by atoms with Crippen LogP contribution in [0.3, 0.4) is 0 Å². The Morgan fingerprint density at radius 3 is 2.76 bits per heavy atom. The lowest BCUT2D eigenvalue weighted by Crippen LogP contribution is -2.30. The van der Waals surface area contributed by atoms with Crippen LogP contribution in [0.15, 0.2) is 36.9 Å². The number of aromatic nitrogens is 3. The molecule has 0 saturated carbocycles. The zero-order chi connectivity index (χ0) is 15.2. The van der Waals surface area contributed by atoms with Gasteiger partial charge in [-0.2, -0.15) is 5.10 Å². The number of hydrogen-bond donors (Lipinski definition) is 2. The van der Waals surface area contributed by atoms with Crippen molar-refractivity contribution in [3.63, 3.8) is 0 Å². The number of pyridine rings is 1. The van der Waals surface area contributed by atoms with E-state index in [0.29, 0.717) is 12.2 Å². The number of carboxylic acid groups (broad SMARTS) is 1. The molecular weight excluding hydrogens is 274 g/mol. The number of anilines is 1. The van der Waals surface area contributed by atoms with Gasteiger partial charge >= 0.3 is 12.0 Å². The van der Waals surface area contributed by atoms with Crippen molar-refractivity contribution in [3.8, 4) is 0 Å². The maximum atomic E-state index is 12.0. The highest BCUT2D eigenvalue weighted by atomic mass is 16.4. The number of hydrogen-bond acceptors (Lipinski definition) is 4. The molecule has 0 radical (unpaired) electrons. The van der Waals surface area contributed by atoms with Crippen LogP contribution >= 0.6 is 0 Å². The molecule has 0 bridgehead atoms. The minimum atomic E-state index is -0.995. The molecule has 2 heterocycles. The zero-order valence-corrected chi connectivity index (χ0v) is 11.4. The molecule has 0 fully saturated rings. The minimum absolute atomic E-state index is 0.247. The second kappa shape index (κ2) is 6.51. The first kappa shape index (κ1) is 14.5. The van der Waals surface area contributed by atoms with Crippen LogP contribution in [0, 0.1) is 0 Å². The molecule has 0 spiro atoms. The summed E-state index contributed by atoms with van der Waals surface area (Å²) in [5.74, 6) is -0.995. The molecule has 2 N–H and O–H groups in total. The molecule has 0 aromatic carbocycles. The summed E-state index contributed by atoms with van der Waals surface area (Å²) in [6.07, 6.45) is 6.20. The predicted octanol–water partition coefficient (Wildman–Crippen LogP) is 1.03. The number of rotatable bonds is 5. The van der Waals surface area contributed by atoms with Crippen molar-refractivity contribution in [2.24, 2.45) is 0 Å². The van der Waals surface area contributed by atoms with Crippen LogP contribution in [0.1, 0.15) is 5.56 Å². The third kappa shape index (κ3) is 4.30. The Labute approximate surface area is 121 Å². The van der Waals surface area contributed by atoms with Gasteiger partial charge in [0.1, 0.15) is 6.54 Å². The van der Waals surface area contributed by atoms with E-state index in [9.17, 15) is 9.59 Å². The molecule has 2 amide bonds. The van der Waals surface area contributed by atoms with Crippen LogP contribution in [0.25, 0.3) is 0 Å². The number of urea groups is 1. The Balaban J connectivity index is 1.91. The van der Waals surface area contributed by atoms with E-state index in [-0.39, 0.29) is 12.6 Å². The van der Waals surface area contributed by atoms with E-state index in [1.807, 2.05) is 12.1 Å². The molecule has 0 aliphatic carbocycles. The quantitative estimate of drug-likeness (QED) is 0.856. The van der Waals surface area contributed by atoms with E-state index < -0.39 is 5.97 Å². The number of carboxylic acids is 1. The third-order valence-corrected chi connectivity index (χ3v) is 2.70. The van der Waals surface area contributed by atoms with Gasteiger partial charge in [0.25, 0.3) is 0 Å². The number of carbonyl (C=O) groups is 2. The Kier molecular flexibility index (Phi) is 4.50. The predicted molar refractivity (Wildman–Crippen MR) is 74.6 cm³/mol. The smallest absolute Gasteiger partial charge is 0.325 e. The van der Waals surface area contributed by atoms with Crippen molar-refractivity contribution in [1.29, 1.82) is 0 Å². The molecule has 21 heavy (non-hydrogen) atoms. The van der Waals surface area contributed by atoms with Crippen LogP contribution in [0.5, 0.6) is 0 Å². The fourth-order valence-electron chi connectivity index (χ4n) is 1.71. The van der Waals surface area contributed by atoms with Crippen molar-refractivity contribution >= 4 is 17.7 Å². The van der Waals surface area contributed by atoms with Gasteiger partial charge in [-0.3, -0.25) is 14.5 Å². The molecule has 110 valence electrons. The fourth-order valence-corrected chi connectivity index (χ4v) is 1.71. The summed E-state index contributed by atoms with van der Waals surface area (Å²) in [5, 5.41) is 15.1. The molecular formula is C13H15N5O3. The molecule has 0 saturated heterocycles. The average Bonchev–Trinajstić information content (AvgIpc) is 2.86. The fraction of sp³-hybridized carbons (Fsp3) is 0.231. The van der Waals surface area contributed by atoms with Crippen LogP contribution < -0.4 is 5.32 Å². The number of nitrogens with zero attached hydrogens (tertiary/aromatic N) is 4. The van der Waals surface area contributed by atoms with Gasteiger partial charge in [-0.25, -0.2) is 4.79 Å². The van der Waals surface area contributed by atoms with Gasteiger partial charge in [0.2, 0.25) is 0 Å². The summed E-state index contributed by atoms with van der Waals surface area (Å²) < 4.78 is 1.24. The van der Waals surface area contributed by atoms with Crippen molar-refractivity contribution < 1.29 is 14.7 Å². The van der Waals surface area contributed by atoms with Gasteiger partial charge in [-0.15, -0.1) is 0 Å². The van der Waals surface area contributed by atoms with Gasteiger partial charge in [-0.05, 0) is 17.7 Å². The number of aliphatic carboxylic acids is 1. The van der Waals surface area contributed by atoms with Gasteiger partial charge in [0.15, 0.2) is 0 Å². The summed E-state index contributed by atoms with van der Waals surface area (Å²) in [6.45, 7) is 0.195. The SMILES string of the molecule is CN(Cc1ccncc1)C(=O)Nc1cnn(CC(=O)O)c1. The van der Waals surface area contributed by atoms with Gasteiger partial charge in [-0.1, -0.05) is 0 Å². The van der Waals surface area contributed by atoms with Crippen molar-refractivity contribution in [2.75, 3.05) is 12.4 Å². The van der Waals surface area contributed by atoms with E-state index in [1.165, 1.54) is 22.0 Å².